The van der Waals surface area contributed by atoms with Gasteiger partial charge in [0.15, 0.2) is 5.82 Å². The molecule has 7 heteroatoms. The van der Waals surface area contributed by atoms with E-state index < -0.39 is 0 Å². The van der Waals surface area contributed by atoms with Crippen molar-refractivity contribution in [2.24, 2.45) is 0 Å². The maximum Gasteiger partial charge on any atom is 0.228 e. The van der Waals surface area contributed by atoms with Gasteiger partial charge in [-0.25, -0.2) is 15.0 Å². The van der Waals surface area contributed by atoms with E-state index in [0.29, 0.717) is 18.3 Å². The molecule has 0 aromatic carbocycles. The second-order valence-corrected chi connectivity index (χ2v) is 4.94. The molecule has 2 aromatic heterocycles. The molecule has 0 radical (unpaired) electrons. The Morgan fingerprint density at radius 1 is 1.29 bits per heavy atom. The van der Waals surface area contributed by atoms with Crippen LogP contribution in [0.15, 0.2) is 30.9 Å². The number of nitrogens with one attached hydrogen (secondary N) is 1. The third-order valence-corrected chi connectivity index (χ3v) is 3.57. The Hall–Kier alpha value is -2.12. The fraction of sp³-hybridized carbons (Fsp3) is 0.429. The van der Waals surface area contributed by atoms with Crippen LogP contribution in [-0.4, -0.2) is 49.6 Å². The Morgan fingerprint density at radius 3 is 3.05 bits per heavy atom. The molecule has 3 heterocycles. The van der Waals surface area contributed by atoms with Crippen molar-refractivity contribution in [2.75, 3.05) is 25.0 Å². The molecule has 3 rings (SSSR count). The SMILES string of the molecule is OCCN1CCC[C@H]1c1ccnc(Nc2cnccn2)n1. The summed E-state index contributed by atoms with van der Waals surface area (Å²) in [5.74, 6) is 1.14. The van der Waals surface area contributed by atoms with Crippen LogP contribution >= 0.6 is 0 Å². The fourth-order valence-corrected chi connectivity index (χ4v) is 2.65. The lowest BCUT2D eigenvalue weighted by atomic mass is 10.1. The first-order valence-electron chi connectivity index (χ1n) is 7.08. The topological polar surface area (TPSA) is 87.1 Å². The highest BCUT2D eigenvalue weighted by Crippen LogP contribution is 2.30. The van der Waals surface area contributed by atoms with Crippen LogP contribution in [0.5, 0.6) is 0 Å². The van der Waals surface area contributed by atoms with Gasteiger partial charge in [0.05, 0.1) is 24.5 Å². The smallest absolute Gasteiger partial charge is 0.228 e. The molecule has 2 aromatic rings. The van der Waals surface area contributed by atoms with Gasteiger partial charge in [0.1, 0.15) is 0 Å². The first-order valence-corrected chi connectivity index (χ1v) is 7.08. The van der Waals surface area contributed by atoms with Gasteiger partial charge >= 0.3 is 0 Å². The highest BCUT2D eigenvalue weighted by Gasteiger charge is 2.26. The van der Waals surface area contributed by atoms with Crippen molar-refractivity contribution in [1.82, 2.24) is 24.8 Å². The predicted octanol–water partition coefficient (Wildman–Crippen LogP) is 1.14. The van der Waals surface area contributed by atoms with Gasteiger partial charge in [-0.2, -0.15) is 0 Å². The van der Waals surface area contributed by atoms with Gasteiger partial charge in [-0.3, -0.25) is 9.88 Å². The average molecular weight is 286 g/mol. The summed E-state index contributed by atoms with van der Waals surface area (Å²) >= 11 is 0. The summed E-state index contributed by atoms with van der Waals surface area (Å²) in [6.07, 6.45) is 8.79. The lowest BCUT2D eigenvalue weighted by Crippen LogP contribution is -2.27. The highest BCUT2D eigenvalue weighted by molar-refractivity contribution is 5.45. The zero-order valence-electron chi connectivity index (χ0n) is 11.7. The van der Waals surface area contributed by atoms with Crippen LogP contribution in [0.25, 0.3) is 0 Å². The number of aromatic nitrogens is 4. The van der Waals surface area contributed by atoms with Crippen LogP contribution in [0.3, 0.4) is 0 Å². The average Bonchev–Trinajstić information content (AvgIpc) is 2.97. The summed E-state index contributed by atoms with van der Waals surface area (Å²) in [5, 5.41) is 12.2. The molecule has 0 spiro atoms. The highest BCUT2D eigenvalue weighted by atomic mass is 16.3. The Morgan fingerprint density at radius 2 is 2.24 bits per heavy atom. The number of aliphatic hydroxyl groups excluding tert-OH is 1. The van der Waals surface area contributed by atoms with E-state index in [-0.39, 0.29) is 12.6 Å². The molecule has 1 atom stereocenters. The molecular formula is C14H18N6O. The van der Waals surface area contributed by atoms with Crippen LogP contribution in [0.1, 0.15) is 24.6 Å². The van der Waals surface area contributed by atoms with Crippen LogP contribution < -0.4 is 5.32 Å². The lowest BCUT2D eigenvalue weighted by molar-refractivity contribution is 0.183. The normalized spacial score (nSPS) is 18.8. The Bertz CT molecular complexity index is 579. The fourth-order valence-electron chi connectivity index (χ4n) is 2.65. The molecule has 21 heavy (non-hydrogen) atoms. The van der Waals surface area contributed by atoms with Crippen LogP contribution in [0.4, 0.5) is 11.8 Å². The van der Waals surface area contributed by atoms with Crippen molar-refractivity contribution in [3.05, 3.63) is 36.5 Å². The molecule has 2 N–H and O–H groups in total. The number of β-amino-alcohol motifs (C(OH)–C–C–N with tert-alkyl or cyclic N) is 1. The van der Waals surface area contributed by atoms with Crippen molar-refractivity contribution in [3.63, 3.8) is 0 Å². The molecule has 0 aliphatic carbocycles. The van der Waals surface area contributed by atoms with Crippen LogP contribution in [-0.2, 0) is 0 Å². The third-order valence-electron chi connectivity index (χ3n) is 3.57. The Kier molecular flexibility index (Phi) is 4.32. The minimum atomic E-state index is 0.173. The van der Waals surface area contributed by atoms with E-state index in [1.165, 1.54) is 0 Å². The van der Waals surface area contributed by atoms with Gasteiger partial charge in [-0.1, -0.05) is 0 Å². The summed E-state index contributed by atoms with van der Waals surface area (Å²) in [7, 11) is 0. The van der Waals surface area contributed by atoms with Crippen LogP contribution in [0.2, 0.25) is 0 Å². The van der Waals surface area contributed by atoms with E-state index in [1.807, 2.05) is 6.07 Å². The molecule has 1 fully saturated rings. The lowest BCUT2D eigenvalue weighted by Gasteiger charge is -2.23. The zero-order valence-corrected chi connectivity index (χ0v) is 11.7. The van der Waals surface area contributed by atoms with Gasteiger partial charge < -0.3 is 10.4 Å². The number of hydrogen-bond donors (Lipinski definition) is 2. The van der Waals surface area contributed by atoms with Crippen molar-refractivity contribution < 1.29 is 5.11 Å². The van der Waals surface area contributed by atoms with Crippen molar-refractivity contribution >= 4 is 11.8 Å². The number of aliphatic hydroxyl groups is 1. The van der Waals surface area contributed by atoms with E-state index in [0.717, 1.165) is 25.1 Å². The molecule has 7 nitrogen and oxygen atoms in total. The number of rotatable bonds is 5. The molecular weight excluding hydrogens is 268 g/mol. The quantitative estimate of drug-likeness (QED) is 0.852. The van der Waals surface area contributed by atoms with Gasteiger partial charge in [-0.15, -0.1) is 0 Å². The predicted molar refractivity (Wildman–Crippen MR) is 78.0 cm³/mol. The summed E-state index contributed by atoms with van der Waals surface area (Å²) in [6, 6.07) is 2.19. The maximum atomic E-state index is 9.14. The monoisotopic (exact) mass is 286 g/mol. The number of anilines is 2. The van der Waals surface area contributed by atoms with Gasteiger partial charge in [0.2, 0.25) is 5.95 Å². The van der Waals surface area contributed by atoms with Crippen molar-refractivity contribution in [3.8, 4) is 0 Å². The molecule has 110 valence electrons. The summed E-state index contributed by atoms with van der Waals surface area (Å²) in [4.78, 5) is 19.2. The van der Waals surface area contributed by atoms with Gasteiger partial charge in [0, 0.05) is 25.1 Å². The van der Waals surface area contributed by atoms with Gasteiger partial charge in [0.25, 0.3) is 0 Å². The van der Waals surface area contributed by atoms with Gasteiger partial charge in [-0.05, 0) is 25.5 Å². The number of nitrogens with zero attached hydrogens (tertiary/aromatic N) is 5. The summed E-state index contributed by atoms with van der Waals surface area (Å²) in [5.41, 5.74) is 0.974. The van der Waals surface area contributed by atoms with E-state index >= 15 is 0 Å². The van der Waals surface area contributed by atoms with E-state index in [4.69, 9.17) is 5.11 Å². The minimum Gasteiger partial charge on any atom is -0.395 e. The van der Waals surface area contributed by atoms with E-state index in [1.54, 1.807) is 24.8 Å². The second-order valence-electron chi connectivity index (χ2n) is 4.94. The Labute approximate surface area is 123 Å². The van der Waals surface area contributed by atoms with Crippen LogP contribution in [0, 0.1) is 0 Å². The van der Waals surface area contributed by atoms with Crippen molar-refractivity contribution in [2.45, 2.75) is 18.9 Å². The minimum absolute atomic E-state index is 0.173. The van der Waals surface area contributed by atoms with E-state index in [2.05, 4.69) is 30.2 Å². The molecule has 0 amide bonds. The number of hydrogen-bond acceptors (Lipinski definition) is 7. The largest absolute Gasteiger partial charge is 0.395 e. The molecule has 0 unspecified atom stereocenters. The summed E-state index contributed by atoms with van der Waals surface area (Å²) < 4.78 is 0. The molecule has 1 aliphatic rings. The number of likely N-dealkylation sites (tertiary alicyclic amines) is 1. The maximum absolute atomic E-state index is 9.14. The second kappa shape index (κ2) is 6.55. The standard InChI is InChI=1S/C14H18N6O/c21-9-8-20-7-1-2-12(20)11-3-4-17-14(18-11)19-13-10-15-5-6-16-13/h3-6,10,12,21H,1-2,7-9H2,(H,16,17,18,19)/t12-/m0/s1. The molecule has 1 aliphatic heterocycles. The zero-order chi connectivity index (χ0) is 14.5. The summed E-state index contributed by atoms with van der Waals surface area (Å²) in [6.45, 7) is 1.86. The first kappa shape index (κ1) is 13.8. The van der Waals surface area contributed by atoms with E-state index in [9.17, 15) is 0 Å². The third kappa shape index (κ3) is 3.32. The first-order chi connectivity index (χ1) is 10.4. The molecule has 0 saturated carbocycles. The molecule has 1 saturated heterocycles. The van der Waals surface area contributed by atoms with Crippen molar-refractivity contribution in [1.29, 1.82) is 0 Å². The Balaban J connectivity index is 1.77. The molecule has 0 bridgehead atoms.